The summed E-state index contributed by atoms with van der Waals surface area (Å²) in [7, 11) is 0. The highest BCUT2D eigenvalue weighted by atomic mass is 32.1. The number of aromatic amines is 1. The van der Waals surface area contributed by atoms with Gasteiger partial charge in [0, 0.05) is 0 Å². The predicted molar refractivity (Wildman–Crippen MR) is 60.9 cm³/mol. The SMILES string of the molecule is O[C@@H]1[C@H](O)[C@H](O)O[C@@H]1n1ncc2c(=S)nc[nH]c21. The third kappa shape index (κ3) is 1.56. The highest BCUT2D eigenvalue weighted by Gasteiger charge is 2.43. The van der Waals surface area contributed by atoms with Crippen LogP contribution < -0.4 is 0 Å². The summed E-state index contributed by atoms with van der Waals surface area (Å²) in [6, 6.07) is 0. The van der Waals surface area contributed by atoms with Gasteiger partial charge in [-0.1, -0.05) is 12.2 Å². The van der Waals surface area contributed by atoms with E-state index in [1.54, 1.807) is 0 Å². The molecule has 0 saturated carbocycles. The molecule has 0 bridgehead atoms. The van der Waals surface area contributed by atoms with Crippen molar-refractivity contribution in [2.45, 2.75) is 24.7 Å². The minimum atomic E-state index is -1.45. The Bertz CT molecular complexity index is 641. The van der Waals surface area contributed by atoms with E-state index in [4.69, 9.17) is 17.0 Å². The fraction of sp³-hybridized carbons (Fsp3) is 0.444. The lowest BCUT2D eigenvalue weighted by atomic mass is 10.2. The van der Waals surface area contributed by atoms with Crippen molar-refractivity contribution in [2.24, 2.45) is 0 Å². The van der Waals surface area contributed by atoms with Crippen LogP contribution in [0.1, 0.15) is 6.23 Å². The maximum absolute atomic E-state index is 9.78. The molecule has 2 aromatic rings. The monoisotopic (exact) mass is 270 g/mol. The zero-order chi connectivity index (χ0) is 12.9. The first-order chi connectivity index (χ1) is 8.59. The van der Waals surface area contributed by atoms with Crippen LogP contribution in [-0.4, -0.2) is 53.6 Å². The number of H-pyrrole nitrogens is 1. The van der Waals surface area contributed by atoms with Crippen molar-refractivity contribution >= 4 is 23.3 Å². The second kappa shape index (κ2) is 4.07. The van der Waals surface area contributed by atoms with Gasteiger partial charge in [-0.3, -0.25) is 0 Å². The molecule has 3 rings (SSSR count). The van der Waals surface area contributed by atoms with Crippen molar-refractivity contribution in [1.29, 1.82) is 0 Å². The quantitative estimate of drug-likeness (QED) is 0.494. The molecule has 0 unspecified atom stereocenters. The topological polar surface area (TPSA) is 116 Å². The number of hydrogen-bond acceptors (Lipinski definition) is 7. The molecule has 2 aromatic heterocycles. The molecule has 0 aromatic carbocycles. The van der Waals surface area contributed by atoms with Crippen LogP contribution in [0.2, 0.25) is 0 Å². The summed E-state index contributed by atoms with van der Waals surface area (Å²) in [4.78, 5) is 6.74. The number of rotatable bonds is 1. The average Bonchev–Trinajstić information content (AvgIpc) is 2.88. The lowest BCUT2D eigenvalue weighted by molar-refractivity contribution is -0.143. The van der Waals surface area contributed by atoms with Gasteiger partial charge in [0.15, 0.2) is 12.5 Å². The largest absolute Gasteiger partial charge is 0.385 e. The van der Waals surface area contributed by atoms with Crippen molar-refractivity contribution < 1.29 is 20.1 Å². The molecule has 0 spiro atoms. The number of nitrogens with zero attached hydrogens (tertiary/aromatic N) is 3. The summed E-state index contributed by atoms with van der Waals surface area (Å²) in [6.45, 7) is 0. The minimum Gasteiger partial charge on any atom is -0.385 e. The summed E-state index contributed by atoms with van der Waals surface area (Å²) < 4.78 is 6.74. The van der Waals surface area contributed by atoms with E-state index < -0.39 is 24.7 Å². The molecular weight excluding hydrogens is 260 g/mol. The van der Waals surface area contributed by atoms with Gasteiger partial charge in [-0.2, -0.15) is 5.10 Å². The normalized spacial score (nSPS) is 32.2. The van der Waals surface area contributed by atoms with Crippen LogP contribution in [-0.2, 0) is 4.74 Å². The lowest BCUT2D eigenvalue weighted by Gasteiger charge is -2.15. The average molecular weight is 270 g/mol. The number of hydrogen-bond donors (Lipinski definition) is 4. The minimum absolute atomic E-state index is 0.364. The van der Waals surface area contributed by atoms with Crippen molar-refractivity contribution in [3.63, 3.8) is 0 Å². The Labute approximate surface area is 105 Å². The van der Waals surface area contributed by atoms with Gasteiger partial charge in [0.1, 0.15) is 22.5 Å². The first-order valence-corrected chi connectivity index (χ1v) is 5.61. The number of aromatic nitrogens is 4. The van der Waals surface area contributed by atoms with Gasteiger partial charge in [-0.25, -0.2) is 9.67 Å². The Morgan fingerprint density at radius 2 is 2.11 bits per heavy atom. The molecule has 4 N–H and O–H groups in total. The summed E-state index contributed by atoms with van der Waals surface area (Å²) in [5, 5.41) is 33.2. The van der Waals surface area contributed by atoms with Crippen LogP contribution in [0.3, 0.4) is 0 Å². The van der Waals surface area contributed by atoms with Crippen molar-refractivity contribution in [1.82, 2.24) is 19.7 Å². The zero-order valence-electron chi connectivity index (χ0n) is 8.96. The third-order valence-corrected chi connectivity index (χ3v) is 3.19. The van der Waals surface area contributed by atoms with E-state index in [1.807, 2.05) is 0 Å². The van der Waals surface area contributed by atoms with Crippen molar-refractivity contribution in [3.05, 3.63) is 17.2 Å². The molecule has 0 radical (unpaired) electrons. The molecule has 0 amide bonds. The first kappa shape index (κ1) is 11.7. The number of ether oxygens (including phenoxy) is 1. The van der Waals surface area contributed by atoms with E-state index in [9.17, 15) is 15.3 Å². The molecule has 1 aliphatic heterocycles. The maximum atomic E-state index is 9.78. The number of aliphatic hydroxyl groups is 3. The predicted octanol–water partition coefficient (Wildman–Crippen LogP) is -0.942. The summed E-state index contributed by atoms with van der Waals surface area (Å²) in [5.41, 5.74) is 0.500. The molecule has 4 atom stereocenters. The van der Waals surface area contributed by atoms with E-state index >= 15 is 0 Å². The summed E-state index contributed by atoms with van der Waals surface area (Å²) in [6.07, 6.45) is -2.21. The van der Waals surface area contributed by atoms with Crippen LogP contribution in [0.4, 0.5) is 0 Å². The van der Waals surface area contributed by atoms with E-state index in [1.165, 1.54) is 17.2 Å². The third-order valence-electron chi connectivity index (χ3n) is 2.86. The number of aliphatic hydroxyl groups excluding tert-OH is 3. The Hall–Kier alpha value is -1.39. The van der Waals surface area contributed by atoms with Gasteiger partial charge in [0.2, 0.25) is 0 Å². The Morgan fingerprint density at radius 1 is 1.33 bits per heavy atom. The smallest absolute Gasteiger partial charge is 0.186 e. The summed E-state index contributed by atoms with van der Waals surface area (Å²) in [5.74, 6) is 0. The van der Waals surface area contributed by atoms with Crippen molar-refractivity contribution in [2.75, 3.05) is 0 Å². The summed E-state index contributed by atoms with van der Waals surface area (Å²) >= 11 is 5.03. The molecule has 8 nitrogen and oxygen atoms in total. The molecule has 18 heavy (non-hydrogen) atoms. The van der Waals surface area contributed by atoms with Gasteiger partial charge in [0.05, 0.1) is 17.9 Å². The molecule has 1 aliphatic rings. The molecule has 1 fully saturated rings. The molecule has 0 aliphatic carbocycles. The van der Waals surface area contributed by atoms with Crippen LogP contribution in [0.5, 0.6) is 0 Å². The molecule has 96 valence electrons. The Morgan fingerprint density at radius 3 is 2.78 bits per heavy atom. The number of fused-ring (bicyclic) bond motifs is 1. The van der Waals surface area contributed by atoms with Crippen LogP contribution in [0, 0.1) is 4.64 Å². The standard InChI is InChI=1S/C9H10N4O4S/c14-4-5(15)9(16)17-8(4)13-6-3(1-12-13)7(18)11-2-10-6/h1-2,4-5,8-9,14-16H,(H,10,11,18)/t4-,5+,8+,9-/m1/s1. The zero-order valence-corrected chi connectivity index (χ0v) is 9.78. The van der Waals surface area contributed by atoms with E-state index in [-0.39, 0.29) is 0 Å². The van der Waals surface area contributed by atoms with E-state index in [2.05, 4.69) is 15.1 Å². The fourth-order valence-corrected chi connectivity index (χ4v) is 2.12. The lowest BCUT2D eigenvalue weighted by Crippen LogP contribution is -2.31. The molecule has 9 heteroatoms. The number of nitrogens with one attached hydrogen (secondary N) is 1. The van der Waals surface area contributed by atoms with Gasteiger partial charge in [-0.15, -0.1) is 0 Å². The second-order valence-corrected chi connectivity index (χ2v) is 4.34. The van der Waals surface area contributed by atoms with Gasteiger partial charge >= 0.3 is 0 Å². The van der Waals surface area contributed by atoms with E-state index in [0.29, 0.717) is 15.7 Å². The molecule has 3 heterocycles. The van der Waals surface area contributed by atoms with Crippen LogP contribution >= 0.6 is 12.2 Å². The Balaban J connectivity index is 2.11. The van der Waals surface area contributed by atoms with Gasteiger partial charge in [0.25, 0.3) is 0 Å². The molecule has 1 saturated heterocycles. The van der Waals surface area contributed by atoms with Crippen LogP contribution in [0.25, 0.3) is 11.0 Å². The highest BCUT2D eigenvalue weighted by molar-refractivity contribution is 7.71. The van der Waals surface area contributed by atoms with Crippen LogP contribution in [0.15, 0.2) is 12.5 Å². The van der Waals surface area contributed by atoms with E-state index in [0.717, 1.165) is 0 Å². The second-order valence-electron chi connectivity index (χ2n) is 3.96. The Kier molecular flexibility index (Phi) is 2.64. The molecular formula is C9H10N4O4S. The maximum Gasteiger partial charge on any atom is 0.186 e. The van der Waals surface area contributed by atoms with Gasteiger partial charge in [-0.05, 0) is 0 Å². The fourth-order valence-electron chi connectivity index (χ4n) is 1.92. The van der Waals surface area contributed by atoms with Crippen molar-refractivity contribution in [3.8, 4) is 0 Å². The highest BCUT2D eigenvalue weighted by Crippen LogP contribution is 2.29. The first-order valence-electron chi connectivity index (χ1n) is 5.20. The van der Waals surface area contributed by atoms with Gasteiger partial charge < -0.3 is 25.0 Å².